The zero-order valence-corrected chi connectivity index (χ0v) is 24.9. The first-order valence-electron chi connectivity index (χ1n) is 14.7. The highest BCUT2D eigenvalue weighted by molar-refractivity contribution is 5.94. The van der Waals surface area contributed by atoms with E-state index in [1.54, 1.807) is 0 Å². The number of hydrogen-bond acceptors (Lipinski definition) is 9. The van der Waals surface area contributed by atoms with Crippen LogP contribution in [0.2, 0.25) is 0 Å². The third kappa shape index (κ3) is 11.2. The van der Waals surface area contributed by atoms with E-state index in [2.05, 4.69) is 36.6 Å². The lowest BCUT2D eigenvalue weighted by Gasteiger charge is -2.24. The van der Waals surface area contributed by atoms with Gasteiger partial charge >= 0.3 is 5.97 Å². The monoisotopic (exact) mass is 627 g/mol. The van der Waals surface area contributed by atoms with E-state index in [-0.39, 0.29) is 25.3 Å². The molecule has 3 rings (SSSR count). The number of carboxylic acid groups (broad SMARTS) is 1. The number of fused-ring (bicyclic) bond motifs is 2. The Kier molecular flexibility index (Phi) is 13.2. The Balaban J connectivity index is 2.01. The predicted octanol–water partition coefficient (Wildman–Crippen LogP) is -2.02. The minimum absolute atomic E-state index is 0.120. The summed E-state index contributed by atoms with van der Waals surface area (Å²) in [7, 11) is 0. The molecule has 1 aliphatic rings. The van der Waals surface area contributed by atoms with E-state index in [1.165, 1.54) is 10.9 Å². The molecule has 0 saturated heterocycles. The van der Waals surface area contributed by atoms with Crippen LogP contribution in [0.5, 0.6) is 0 Å². The van der Waals surface area contributed by atoms with E-state index in [4.69, 9.17) is 17.2 Å². The van der Waals surface area contributed by atoms with Crippen LogP contribution in [0.25, 0.3) is 0 Å². The normalized spacial score (nSPS) is 21.2. The Labute approximate surface area is 259 Å². The van der Waals surface area contributed by atoms with E-state index < -0.39 is 66.7 Å². The van der Waals surface area contributed by atoms with Crippen molar-refractivity contribution in [3.05, 3.63) is 47.8 Å². The fourth-order valence-corrected chi connectivity index (χ4v) is 4.78. The molecule has 0 radical (unpaired) electrons. The number of nitrogens with zero attached hydrogens (tertiary/aromatic N) is 4. The number of hydrogen-bond donors (Lipinski definition) is 8. The number of aliphatic carboxylic acids is 1. The Morgan fingerprint density at radius 1 is 0.933 bits per heavy atom. The lowest BCUT2D eigenvalue weighted by atomic mass is 10.0. The number of carbonyl (C=O) groups excluding carboxylic acids is 4. The number of carbonyl (C=O) groups is 5. The van der Waals surface area contributed by atoms with Crippen LogP contribution in [0, 0.1) is 0 Å². The summed E-state index contributed by atoms with van der Waals surface area (Å²) >= 11 is 0. The third-order valence-electron chi connectivity index (χ3n) is 7.07. The molecular weight excluding hydrogens is 586 g/mol. The minimum Gasteiger partial charge on any atom is -0.481 e. The minimum atomic E-state index is -1.45. The SMILES string of the molecule is NCCCC[C@H]1C(=O)N[C@@H](CCCN=C(N)N)C(=O)NCC(=O)NC(CC(=O)O)C(=O)NC(Cc2ccccc2)c2cn1nn2. The molecule has 2 aromatic rings. The first-order chi connectivity index (χ1) is 21.6. The number of benzene rings is 1. The zero-order valence-electron chi connectivity index (χ0n) is 24.9. The largest absolute Gasteiger partial charge is 0.481 e. The Morgan fingerprint density at radius 2 is 1.67 bits per heavy atom. The molecule has 1 aliphatic heterocycles. The molecule has 1 aromatic carbocycles. The predicted molar refractivity (Wildman–Crippen MR) is 162 cm³/mol. The van der Waals surface area contributed by atoms with Gasteiger partial charge in [-0.15, -0.1) is 5.10 Å². The van der Waals surface area contributed by atoms with Gasteiger partial charge in [-0.25, -0.2) is 4.68 Å². The van der Waals surface area contributed by atoms with Crippen LogP contribution in [0.4, 0.5) is 0 Å². The van der Waals surface area contributed by atoms with Crippen LogP contribution in [0.3, 0.4) is 0 Å². The summed E-state index contributed by atoms with van der Waals surface area (Å²) < 4.78 is 1.38. The number of nitrogens with one attached hydrogen (secondary N) is 4. The molecule has 17 nitrogen and oxygen atoms in total. The second-order valence-electron chi connectivity index (χ2n) is 10.6. The van der Waals surface area contributed by atoms with Crippen molar-refractivity contribution in [3.8, 4) is 0 Å². The Bertz CT molecular complexity index is 1350. The molecule has 45 heavy (non-hydrogen) atoms. The zero-order chi connectivity index (χ0) is 32.8. The molecule has 1 aromatic heterocycles. The maximum absolute atomic E-state index is 13.7. The van der Waals surface area contributed by atoms with Crippen LogP contribution >= 0.6 is 0 Å². The quantitative estimate of drug-likeness (QED) is 0.0722. The number of amides is 4. The van der Waals surface area contributed by atoms with Crippen LogP contribution in [0.1, 0.15) is 61.9 Å². The highest BCUT2D eigenvalue weighted by Gasteiger charge is 2.31. The Morgan fingerprint density at radius 3 is 2.36 bits per heavy atom. The molecule has 244 valence electrons. The third-order valence-corrected chi connectivity index (χ3v) is 7.07. The molecule has 4 atom stereocenters. The van der Waals surface area contributed by atoms with Crippen molar-refractivity contribution in [1.82, 2.24) is 36.3 Å². The summed E-state index contributed by atoms with van der Waals surface area (Å²) in [4.78, 5) is 68.4. The number of carboxylic acids is 1. The smallest absolute Gasteiger partial charge is 0.305 e. The molecule has 0 aliphatic carbocycles. The molecule has 2 heterocycles. The highest BCUT2D eigenvalue weighted by Crippen LogP contribution is 2.21. The molecule has 0 fully saturated rings. The summed E-state index contributed by atoms with van der Waals surface area (Å²) in [5.41, 5.74) is 17.6. The number of rotatable bonds is 12. The van der Waals surface area contributed by atoms with Crippen molar-refractivity contribution in [3.63, 3.8) is 0 Å². The van der Waals surface area contributed by atoms with Gasteiger partial charge in [0.05, 0.1) is 25.2 Å². The van der Waals surface area contributed by atoms with Crippen LogP contribution in [-0.2, 0) is 30.4 Å². The van der Waals surface area contributed by atoms with E-state index in [9.17, 15) is 29.1 Å². The lowest BCUT2D eigenvalue weighted by molar-refractivity contribution is -0.141. The van der Waals surface area contributed by atoms with Crippen molar-refractivity contribution in [2.24, 2.45) is 22.2 Å². The van der Waals surface area contributed by atoms with Crippen molar-refractivity contribution < 1.29 is 29.1 Å². The van der Waals surface area contributed by atoms with E-state index >= 15 is 0 Å². The first kappa shape index (κ1) is 34.4. The topological polar surface area (TPSA) is 275 Å². The average Bonchev–Trinajstić information content (AvgIpc) is 3.48. The standard InChI is InChI=1S/C28H41N11O6/c29-11-5-4-10-22-27(45)35-18(9-6-12-32-28(30)31)25(43)33-15-23(40)34-20(14-24(41)42)26(44)36-19(21-16-39(22)38-37-21)13-17-7-2-1-3-8-17/h1-3,7-8,16,18-20,22H,4-6,9-15,29H2,(H,33,43)(H,34,40)(H,35,45)(H,36,44)(H,41,42)(H4,30,31,32)/t18-,19?,20?,22-/m0/s1. The number of guanidine groups is 1. The van der Waals surface area contributed by atoms with Gasteiger partial charge in [0.1, 0.15) is 23.8 Å². The van der Waals surface area contributed by atoms with Gasteiger partial charge in [-0.3, -0.25) is 29.0 Å². The van der Waals surface area contributed by atoms with Gasteiger partial charge in [-0.2, -0.15) is 0 Å². The maximum atomic E-state index is 13.7. The fraction of sp³-hybridized carbons (Fsp3) is 0.500. The van der Waals surface area contributed by atoms with Crippen molar-refractivity contribution in [2.75, 3.05) is 19.6 Å². The highest BCUT2D eigenvalue weighted by atomic mass is 16.4. The van der Waals surface area contributed by atoms with Crippen molar-refractivity contribution >= 4 is 35.6 Å². The summed E-state index contributed by atoms with van der Waals surface area (Å²) in [5.74, 6) is -4.18. The molecule has 2 unspecified atom stereocenters. The molecule has 2 bridgehead atoms. The fourth-order valence-electron chi connectivity index (χ4n) is 4.78. The van der Waals surface area contributed by atoms with Gasteiger partial charge in [0.2, 0.25) is 23.6 Å². The second kappa shape index (κ2) is 17.3. The lowest BCUT2D eigenvalue weighted by Crippen LogP contribution is -2.53. The molecule has 4 amide bonds. The van der Waals surface area contributed by atoms with Crippen LogP contribution < -0.4 is 38.5 Å². The number of unbranched alkanes of at least 4 members (excludes halogenated alkanes) is 1. The number of aliphatic imine (C=N–C) groups is 1. The van der Waals surface area contributed by atoms with Gasteiger partial charge in [-0.1, -0.05) is 35.5 Å². The van der Waals surface area contributed by atoms with Crippen molar-refractivity contribution in [1.29, 1.82) is 0 Å². The molecule has 0 spiro atoms. The summed E-state index contributed by atoms with van der Waals surface area (Å²) in [6, 6.07) is 5.01. The summed E-state index contributed by atoms with van der Waals surface area (Å²) in [5, 5.41) is 28.3. The number of nitrogens with two attached hydrogens (primary N) is 3. The van der Waals surface area contributed by atoms with E-state index in [1.807, 2.05) is 30.3 Å². The van der Waals surface area contributed by atoms with E-state index in [0.29, 0.717) is 37.9 Å². The van der Waals surface area contributed by atoms with Gasteiger partial charge in [0.15, 0.2) is 5.96 Å². The average molecular weight is 628 g/mol. The van der Waals surface area contributed by atoms with Gasteiger partial charge < -0.3 is 43.6 Å². The molecule has 0 saturated carbocycles. The molecular formula is C28H41N11O6. The Hall–Kier alpha value is -5.06. The van der Waals surface area contributed by atoms with E-state index in [0.717, 1.165) is 5.56 Å². The molecule has 11 N–H and O–H groups in total. The first-order valence-corrected chi connectivity index (χ1v) is 14.7. The summed E-state index contributed by atoms with van der Waals surface area (Å²) in [6.45, 7) is 0.0406. The van der Waals surface area contributed by atoms with Gasteiger partial charge in [0, 0.05) is 6.54 Å². The molecule has 17 heteroatoms. The van der Waals surface area contributed by atoms with Gasteiger partial charge in [-0.05, 0) is 50.6 Å². The maximum Gasteiger partial charge on any atom is 0.305 e. The van der Waals surface area contributed by atoms with Crippen molar-refractivity contribution in [2.45, 2.75) is 69.1 Å². The second-order valence-corrected chi connectivity index (χ2v) is 10.6. The summed E-state index contributed by atoms with van der Waals surface area (Å²) in [6.07, 6.45) is 3.10. The number of aromatic nitrogens is 3. The van der Waals surface area contributed by atoms with Crippen LogP contribution in [-0.4, -0.2) is 87.4 Å². The van der Waals surface area contributed by atoms with Gasteiger partial charge in [0.25, 0.3) is 0 Å². The van der Waals surface area contributed by atoms with Crippen LogP contribution in [0.15, 0.2) is 41.5 Å².